The summed E-state index contributed by atoms with van der Waals surface area (Å²) in [5.74, 6) is 0. The fraction of sp³-hybridized carbons (Fsp3) is 0.143. The van der Waals surface area contributed by atoms with Crippen LogP contribution >= 0.6 is 0 Å². The minimum atomic E-state index is -2.91. The summed E-state index contributed by atoms with van der Waals surface area (Å²) in [5.41, 5.74) is 0. The Morgan fingerprint density at radius 3 is 1.09 bits per heavy atom. The predicted octanol–water partition coefficient (Wildman–Crippen LogP) is 3.99. The van der Waals surface area contributed by atoms with Crippen molar-refractivity contribution in [1.82, 2.24) is 0 Å². The Kier molecular flexibility index (Phi) is 24.0. The van der Waals surface area contributed by atoms with E-state index in [1.54, 1.807) is 6.08 Å². The smallest absolute Gasteiger partial charge is 0.167 e. The van der Waals surface area contributed by atoms with Crippen LogP contribution in [0.25, 0.3) is 0 Å². The number of halogens is 4. The fourth-order valence-corrected chi connectivity index (χ4v) is 0. The molecule has 66 valence electrons. The van der Waals surface area contributed by atoms with Gasteiger partial charge in [0.15, 0.2) is 0 Å². The quantitative estimate of drug-likeness (QED) is 0.381. The maximum Gasteiger partial charge on any atom is 0.334 e. The van der Waals surface area contributed by atoms with Gasteiger partial charge in [-0.2, -0.15) is 17.6 Å². The normalized spacial score (nSPS) is 5.91. The highest BCUT2D eigenvalue weighted by molar-refractivity contribution is 4.77. The summed E-state index contributed by atoms with van der Waals surface area (Å²) in [6.07, 6.45) is -4.06. The molecule has 0 bridgehead atoms. The molecule has 0 saturated carbocycles. The average Bonchev–Trinajstić information content (AvgIpc) is 1.93. The van der Waals surface area contributed by atoms with Crippen molar-refractivity contribution in [3.8, 4) is 0 Å². The van der Waals surface area contributed by atoms with Crippen LogP contribution in [0.3, 0.4) is 0 Å². The number of rotatable bonds is 0. The molecule has 0 aromatic rings. The Labute approximate surface area is 63.5 Å². The monoisotopic (exact) mass is 170 g/mol. The molecule has 11 heavy (non-hydrogen) atoms. The molecular weight excluding hydrogens is 160 g/mol. The van der Waals surface area contributed by atoms with Crippen LogP contribution in [0.1, 0.15) is 6.92 Å². The van der Waals surface area contributed by atoms with Crippen molar-refractivity contribution < 1.29 is 17.6 Å². The molecule has 0 unspecified atom stereocenters. The zero-order chi connectivity index (χ0) is 9.86. The van der Waals surface area contributed by atoms with Gasteiger partial charge in [-0.15, -0.1) is 19.7 Å². The maximum atomic E-state index is 10.3. The molecule has 0 aliphatic heterocycles. The fourth-order valence-electron chi connectivity index (χ4n) is 0. The molecule has 0 aromatic heterocycles. The van der Waals surface area contributed by atoms with Gasteiger partial charge in [-0.05, 0) is 6.92 Å². The van der Waals surface area contributed by atoms with Crippen molar-refractivity contribution in [2.24, 2.45) is 0 Å². The average molecular weight is 170 g/mol. The molecule has 0 spiro atoms. The Bertz CT molecular complexity index is 99.6. The lowest BCUT2D eigenvalue weighted by Crippen LogP contribution is -1.56. The van der Waals surface area contributed by atoms with Crippen LogP contribution in [0.5, 0.6) is 0 Å². The second-order valence-electron chi connectivity index (χ2n) is 0.929. The third-order valence-corrected chi connectivity index (χ3v) is 0.143. The molecule has 0 saturated heterocycles. The van der Waals surface area contributed by atoms with E-state index in [1.807, 2.05) is 6.92 Å². The van der Waals surface area contributed by atoms with E-state index >= 15 is 0 Å². The second-order valence-corrected chi connectivity index (χ2v) is 0.929. The third kappa shape index (κ3) is 49.8. The van der Waals surface area contributed by atoms with E-state index in [2.05, 4.69) is 19.7 Å². The van der Waals surface area contributed by atoms with Crippen molar-refractivity contribution >= 4 is 0 Å². The molecule has 0 N–H and O–H groups in total. The first-order chi connectivity index (χ1) is 5.06. The van der Waals surface area contributed by atoms with Crippen LogP contribution in [0.15, 0.2) is 38.0 Å². The molecule has 0 atom stereocenters. The molecule has 0 fully saturated rings. The van der Waals surface area contributed by atoms with Crippen molar-refractivity contribution in [2.45, 2.75) is 6.92 Å². The lowest BCUT2D eigenvalue weighted by Gasteiger charge is -1.69. The van der Waals surface area contributed by atoms with Gasteiger partial charge in [0, 0.05) is 0 Å². The van der Waals surface area contributed by atoms with E-state index in [9.17, 15) is 17.6 Å². The van der Waals surface area contributed by atoms with E-state index in [-0.39, 0.29) is 0 Å². The molecule has 0 amide bonds. The van der Waals surface area contributed by atoms with Crippen LogP contribution in [-0.4, -0.2) is 0 Å². The molecule has 0 aliphatic carbocycles. The summed E-state index contributed by atoms with van der Waals surface area (Å²) in [5, 5.41) is 0. The Morgan fingerprint density at radius 2 is 1.09 bits per heavy atom. The SMILES string of the molecule is C=C.C=CC.FC(F)=C(F)F. The highest BCUT2D eigenvalue weighted by Gasteiger charge is 1.98. The van der Waals surface area contributed by atoms with Crippen LogP contribution in [-0.2, 0) is 0 Å². The summed E-state index contributed by atoms with van der Waals surface area (Å²) in [6.45, 7) is 11.2. The van der Waals surface area contributed by atoms with Crippen molar-refractivity contribution in [1.29, 1.82) is 0 Å². The first kappa shape index (κ1) is 16.5. The van der Waals surface area contributed by atoms with Gasteiger partial charge < -0.3 is 0 Å². The largest absolute Gasteiger partial charge is 0.334 e. The van der Waals surface area contributed by atoms with Gasteiger partial charge in [-0.3, -0.25) is 0 Å². The summed E-state index contributed by atoms with van der Waals surface area (Å²) >= 11 is 0. The minimum Gasteiger partial charge on any atom is -0.167 e. The van der Waals surface area contributed by atoms with Gasteiger partial charge >= 0.3 is 12.2 Å². The number of hydrogen-bond acceptors (Lipinski definition) is 0. The standard InChI is InChI=1S/C3H6.C2F4.C2H4/c1-3-2;3-1(4)2(5)6;1-2/h3H,1H2,2H3;;1-2H2. The first-order valence-electron chi connectivity index (χ1n) is 2.49. The van der Waals surface area contributed by atoms with Gasteiger partial charge in [0.05, 0.1) is 0 Å². The van der Waals surface area contributed by atoms with Crippen LogP contribution in [0.2, 0.25) is 0 Å². The lowest BCUT2D eigenvalue weighted by molar-refractivity contribution is 0.308. The van der Waals surface area contributed by atoms with Crippen molar-refractivity contribution in [3.05, 3.63) is 38.0 Å². The molecule has 0 heterocycles. The summed E-state index contributed by atoms with van der Waals surface area (Å²) in [7, 11) is 0. The maximum absolute atomic E-state index is 10.3. The van der Waals surface area contributed by atoms with E-state index in [1.165, 1.54) is 0 Å². The summed E-state index contributed by atoms with van der Waals surface area (Å²) < 4.78 is 41.1. The topological polar surface area (TPSA) is 0 Å². The lowest BCUT2D eigenvalue weighted by atomic mass is 10.8. The van der Waals surface area contributed by atoms with Gasteiger partial charge in [-0.25, -0.2) is 0 Å². The molecule has 0 aliphatic rings. The zero-order valence-corrected chi connectivity index (χ0v) is 6.21. The third-order valence-electron chi connectivity index (χ3n) is 0.143. The minimum absolute atomic E-state index is 1.75. The van der Waals surface area contributed by atoms with Crippen LogP contribution in [0.4, 0.5) is 17.6 Å². The summed E-state index contributed by atoms with van der Waals surface area (Å²) in [6, 6.07) is 0. The highest BCUT2D eigenvalue weighted by atomic mass is 19.3. The molecule has 4 heteroatoms. The first-order valence-corrected chi connectivity index (χ1v) is 2.49. The van der Waals surface area contributed by atoms with Crippen LogP contribution in [0, 0.1) is 0 Å². The highest BCUT2D eigenvalue weighted by Crippen LogP contribution is 2.08. The second kappa shape index (κ2) is 16.0. The van der Waals surface area contributed by atoms with E-state index in [0.29, 0.717) is 0 Å². The molecule has 0 rings (SSSR count). The van der Waals surface area contributed by atoms with E-state index in [4.69, 9.17) is 0 Å². The van der Waals surface area contributed by atoms with E-state index < -0.39 is 12.2 Å². The molecule has 0 nitrogen and oxygen atoms in total. The zero-order valence-electron chi connectivity index (χ0n) is 6.21. The number of hydrogen-bond donors (Lipinski definition) is 0. The Morgan fingerprint density at radius 1 is 1.00 bits per heavy atom. The van der Waals surface area contributed by atoms with Gasteiger partial charge in [-0.1, -0.05) is 6.08 Å². The Hall–Kier alpha value is -1.06. The van der Waals surface area contributed by atoms with Crippen molar-refractivity contribution in [2.75, 3.05) is 0 Å². The van der Waals surface area contributed by atoms with Gasteiger partial charge in [0.1, 0.15) is 0 Å². The van der Waals surface area contributed by atoms with Gasteiger partial charge in [0.25, 0.3) is 0 Å². The predicted molar refractivity (Wildman–Crippen MR) is 38.6 cm³/mol. The molecule has 0 radical (unpaired) electrons. The number of allylic oxidation sites excluding steroid dienone is 1. The summed E-state index contributed by atoms with van der Waals surface area (Å²) in [4.78, 5) is 0. The molecule has 0 aromatic carbocycles. The Balaban J connectivity index is -0.000000109. The van der Waals surface area contributed by atoms with Gasteiger partial charge in [0.2, 0.25) is 0 Å². The van der Waals surface area contributed by atoms with Crippen molar-refractivity contribution in [3.63, 3.8) is 0 Å². The van der Waals surface area contributed by atoms with Crippen LogP contribution < -0.4 is 0 Å². The molecular formula is C7H10F4. The van der Waals surface area contributed by atoms with E-state index in [0.717, 1.165) is 0 Å².